The lowest BCUT2D eigenvalue weighted by molar-refractivity contribution is 1.40. The summed E-state index contributed by atoms with van der Waals surface area (Å²) < 4.78 is 0. The van der Waals surface area contributed by atoms with Crippen LogP contribution in [0.25, 0.3) is 55.1 Å². The summed E-state index contributed by atoms with van der Waals surface area (Å²) in [4.78, 5) is 10.1. The smallest absolute Gasteiger partial charge is 0.0804 e. The molecule has 0 aliphatic rings. The third kappa shape index (κ3) is 2.73. The average molecular weight is 382 g/mol. The number of nitrogens with zero attached hydrogens (tertiary/aromatic N) is 2. The maximum Gasteiger partial charge on any atom is 0.0804 e. The Morgan fingerprint density at radius 3 is 1.97 bits per heavy atom. The van der Waals surface area contributed by atoms with Crippen LogP contribution in [-0.4, -0.2) is 9.97 Å². The summed E-state index contributed by atoms with van der Waals surface area (Å²) in [5.41, 5.74) is 7.39. The summed E-state index contributed by atoms with van der Waals surface area (Å²) in [7, 11) is 0. The third-order valence-electron chi connectivity index (χ3n) is 5.61. The van der Waals surface area contributed by atoms with Crippen LogP contribution in [0.2, 0.25) is 0 Å². The number of hydrogen-bond donors (Lipinski definition) is 0. The SMILES string of the molecule is c1ccc(-c2cc3ccc4nc5ccccc5cc4c3nc2-c2ccccc2)cc1. The Balaban J connectivity index is 1.73. The molecule has 0 spiro atoms. The minimum Gasteiger partial charge on any atom is -0.248 e. The molecule has 0 saturated heterocycles. The van der Waals surface area contributed by atoms with Gasteiger partial charge in [-0.2, -0.15) is 0 Å². The number of para-hydroxylation sites is 1. The third-order valence-corrected chi connectivity index (χ3v) is 5.61. The van der Waals surface area contributed by atoms with Gasteiger partial charge in [-0.3, -0.25) is 0 Å². The molecule has 0 aliphatic heterocycles. The van der Waals surface area contributed by atoms with E-state index in [-0.39, 0.29) is 0 Å². The quantitative estimate of drug-likeness (QED) is 0.232. The molecule has 2 heteroatoms. The molecule has 0 unspecified atom stereocenters. The molecule has 0 bridgehead atoms. The van der Waals surface area contributed by atoms with E-state index in [9.17, 15) is 0 Å². The van der Waals surface area contributed by atoms with Gasteiger partial charge >= 0.3 is 0 Å². The Kier molecular flexibility index (Phi) is 3.82. The van der Waals surface area contributed by atoms with Gasteiger partial charge in [0.15, 0.2) is 0 Å². The largest absolute Gasteiger partial charge is 0.248 e. The molecule has 2 nitrogen and oxygen atoms in total. The van der Waals surface area contributed by atoms with Crippen molar-refractivity contribution in [2.45, 2.75) is 0 Å². The van der Waals surface area contributed by atoms with Gasteiger partial charge in [0.25, 0.3) is 0 Å². The fourth-order valence-electron chi connectivity index (χ4n) is 4.14. The zero-order valence-corrected chi connectivity index (χ0v) is 16.3. The lowest BCUT2D eigenvalue weighted by atomic mass is 9.96. The van der Waals surface area contributed by atoms with Crippen molar-refractivity contribution in [3.63, 3.8) is 0 Å². The first-order valence-corrected chi connectivity index (χ1v) is 10.1. The zero-order valence-electron chi connectivity index (χ0n) is 16.3. The van der Waals surface area contributed by atoms with Crippen LogP contribution in [0.15, 0.2) is 109 Å². The van der Waals surface area contributed by atoms with Crippen molar-refractivity contribution in [1.82, 2.24) is 9.97 Å². The fourth-order valence-corrected chi connectivity index (χ4v) is 4.14. The predicted molar refractivity (Wildman–Crippen MR) is 125 cm³/mol. The minimum atomic E-state index is 0.972. The Morgan fingerprint density at radius 2 is 1.17 bits per heavy atom. The van der Waals surface area contributed by atoms with Crippen LogP contribution in [0, 0.1) is 0 Å². The van der Waals surface area contributed by atoms with Gasteiger partial charge in [-0.05, 0) is 29.8 Å². The topological polar surface area (TPSA) is 25.8 Å². The normalized spacial score (nSPS) is 11.3. The Morgan fingerprint density at radius 1 is 0.467 bits per heavy atom. The van der Waals surface area contributed by atoms with Gasteiger partial charge in [0.05, 0.1) is 22.2 Å². The molecule has 0 N–H and O–H groups in total. The molecular weight excluding hydrogens is 364 g/mol. The highest BCUT2D eigenvalue weighted by Crippen LogP contribution is 2.35. The molecule has 0 amide bonds. The van der Waals surface area contributed by atoms with Gasteiger partial charge in [-0.15, -0.1) is 0 Å². The summed E-state index contributed by atoms with van der Waals surface area (Å²) in [6.07, 6.45) is 0. The van der Waals surface area contributed by atoms with E-state index in [0.717, 1.165) is 49.5 Å². The lowest BCUT2D eigenvalue weighted by Gasteiger charge is -2.13. The Bertz CT molecular complexity index is 1520. The zero-order chi connectivity index (χ0) is 19.9. The van der Waals surface area contributed by atoms with Crippen LogP contribution in [0.4, 0.5) is 0 Å². The second kappa shape index (κ2) is 6.78. The minimum absolute atomic E-state index is 0.972. The van der Waals surface area contributed by atoms with Crippen molar-refractivity contribution in [3.8, 4) is 22.4 Å². The molecule has 0 saturated carbocycles. The van der Waals surface area contributed by atoms with Crippen LogP contribution in [-0.2, 0) is 0 Å². The molecule has 6 rings (SSSR count). The molecule has 0 radical (unpaired) electrons. The van der Waals surface area contributed by atoms with E-state index < -0.39 is 0 Å². The Labute approximate surface area is 174 Å². The number of fused-ring (bicyclic) bond motifs is 4. The summed E-state index contributed by atoms with van der Waals surface area (Å²) >= 11 is 0. The standard InChI is InChI=1S/C28H18N2/c1-3-9-19(10-4-1)23-18-22-15-16-26-24(17-21-13-7-8-14-25(21)29-26)28(22)30-27(23)20-11-5-2-6-12-20/h1-18H. The van der Waals surface area contributed by atoms with Crippen molar-refractivity contribution < 1.29 is 0 Å². The first kappa shape index (κ1) is 16.9. The number of rotatable bonds is 2. The predicted octanol–water partition coefficient (Wildman–Crippen LogP) is 7.27. The monoisotopic (exact) mass is 382 g/mol. The van der Waals surface area contributed by atoms with E-state index in [1.165, 1.54) is 5.56 Å². The van der Waals surface area contributed by atoms with Gasteiger partial charge in [0.2, 0.25) is 0 Å². The first-order chi connectivity index (χ1) is 14.9. The van der Waals surface area contributed by atoms with Gasteiger partial charge in [-0.1, -0.05) is 84.9 Å². The van der Waals surface area contributed by atoms with E-state index in [1.807, 2.05) is 18.2 Å². The number of aromatic nitrogens is 2. The number of benzene rings is 4. The van der Waals surface area contributed by atoms with Crippen LogP contribution in [0.5, 0.6) is 0 Å². The highest BCUT2D eigenvalue weighted by Gasteiger charge is 2.13. The van der Waals surface area contributed by atoms with Gasteiger partial charge < -0.3 is 0 Å². The van der Waals surface area contributed by atoms with E-state index in [4.69, 9.17) is 9.97 Å². The molecule has 140 valence electrons. The summed E-state index contributed by atoms with van der Waals surface area (Å²) in [6, 6.07) is 37.8. The summed E-state index contributed by atoms with van der Waals surface area (Å²) in [6.45, 7) is 0. The molecule has 6 aromatic rings. The molecule has 30 heavy (non-hydrogen) atoms. The molecule has 0 atom stereocenters. The molecule has 0 aliphatic carbocycles. The maximum absolute atomic E-state index is 5.22. The molecule has 4 aromatic carbocycles. The number of pyridine rings is 2. The van der Waals surface area contributed by atoms with Crippen molar-refractivity contribution in [3.05, 3.63) is 109 Å². The second-order valence-corrected chi connectivity index (χ2v) is 7.50. The van der Waals surface area contributed by atoms with Crippen LogP contribution < -0.4 is 0 Å². The van der Waals surface area contributed by atoms with E-state index in [0.29, 0.717) is 0 Å². The van der Waals surface area contributed by atoms with E-state index >= 15 is 0 Å². The molecular formula is C28H18N2. The highest BCUT2D eigenvalue weighted by molar-refractivity contribution is 6.09. The molecule has 2 aromatic heterocycles. The van der Waals surface area contributed by atoms with Crippen molar-refractivity contribution in [2.75, 3.05) is 0 Å². The van der Waals surface area contributed by atoms with Crippen molar-refractivity contribution in [1.29, 1.82) is 0 Å². The van der Waals surface area contributed by atoms with Crippen LogP contribution in [0.1, 0.15) is 0 Å². The second-order valence-electron chi connectivity index (χ2n) is 7.50. The van der Waals surface area contributed by atoms with Crippen molar-refractivity contribution in [2.24, 2.45) is 0 Å². The lowest BCUT2D eigenvalue weighted by Crippen LogP contribution is -1.93. The number of hydrogen-bond acceptors (Lipinski definition) is 2. The van der Waals surface area contributed by atoms with Gasteiger partial charge in [0.1, 0.15) is 0 Å². The van der Waals surface area contributed by atoms with Crippen molar-refractivity contribution >= 4 is 32.7 Å². The van der Waals surface area contributed by atoms with Crippen LogP contribution in [0.3, 0.4) is 0 Å². The van der Waals surface area contributed by atoms with Gasteiger partial charge in [-0.25, -0.2) is 9.97 Å². The average Bonchev–Trinajstić information content (AvgIpc) is 2.83. The fraction of sp³-hybridized carbons (Fsp3) is 0. The Hall–Kier alpha value is -4.04. The molecule has 0 fully saturated rings. The van der Waals surface area contributed by atoms with E-state index in [1.54, 1.807) is 0 Å². The first-order valence-electron chi connectivity index (χ1n) is 10.1. The summed E-state index contributed by atoms with van der Waals surface area (Å²) in [5, 5.41) is 3.34. The maximum atomic E-state index is 5.22. The highest BCUT2D eigenvalue weighted by atomic mass is 14.7. The van der Waals surface area contributed by atoms with Crippen LogP contribution >= 0.6 is 0 Å². The van der Waals surface area contributed by atoms with E-state index in [2.05, 4.69) is 91.0 Å². The molecule has 2 heterocycles. The van der Waals surface area contributed by atoms with Gasteiger partial charge in [0, 0.05) is 27.3 Å². The summed E-state index contributed by atoms with van der Waals surface area (Å²) in [5.74, 6) is 0.